The smallest absolute Gasteiger partial charge is 0.203 e. The Hall–Kier alpha value is -2.29. The number of hydrogen-bond donors (Lipinski definition) is 0. The van der Waals surface area contributed by atoms with E-state index in [0.29, 0.717) is 17.1 Å². The van der Waals surface area contributed by atoms with Crippen LogP contribution in [0, 0.1) is 0 Å². The molecule has 0 aliphatic carbocycles. The van der Waals surface area contributed by atoms with E-state index in [-0.39, 0.29) is 12.4 Å². The molecule has 3 heteroatoms. The van der Waals surface area contributed by atoms with Crippen LogP contribution in [-0.2, 0) is 0 Å². The Morgan fingerprint density at radius 3 is 2.65 bits per heavy atom. The molecule has 1 heterocycles. The Morgan fingerprint density at radius 2 is 1.82 bits per heavy atom. The summed E-state index contributed by atoms with van der Waals surface area (Å²) in [6.45, 7) is 0.129. The molecule has 2 aromatic rings. The standard InChI is InChI=1S/C14H10O3/c15-13-9-16-14-8-11(6-7-12(13)14)17-10-4-2-1-3-5-10/h1-8H,9H2. The van der Waals surface area contributed by atoms with Crippen molar-refractivity contribution in [2.24, 2.45) is 0 Å². The third-order valence-corrected chi connectivity index (χ3v) is 2.59. The van der Waals surface area contributed by atoms with Gasteiger partial charge < -0.3 is 9.47 Å². The summed E-state index contributed by atoms with van der Waals surface area (Å²) in [5.41, 5.74) is 0.630. The topological polar surface area (TPSA) is 35.5 Å². The molecule has 3 rings (SSSR count). The highest BCUT2D eigenvalue weighted by Crippen LogP contribution is 2.31. The lowest BCUT2D eigenvalue weighted by atomic mass is 10.1. The van der Waals surface area contributed by atoms with Crippen LogP contribution < -0.4 is 9.47 Å². The Morgan fingerprint density at radius 1 is 1.00 bits per heavy atom. The summed E-state index contributed by atoms with van der Waals surface area (Å²) in [5.74, 6) is 2.05. The molecule has 0 radical (unpaired) electrons. The molecule has 0 amide bonds. The molecule has 84 valence electrons. The van der Waals surface area contributed by atoms with Gasteiger partial charge in [-0.2, -0.15) is 0 Å². The van der Waals surface area contributed by atoms with E-state index in [0.717, 1.165) is 5.75 Å². The van der Waals surface area contributed by atoms with E-state index in [4.69, 9.17) is 9.47 Å². The van der Waals surface area contributed by atoms with Gasteiger partial charge >= 0.3 is 0 Å². The van der Waals surface area contributed by atoms with Crippen molar-refractivity contribution < 1.29 is 14.3 Å². The van der Waals surface area contributed by atoms with Gasteiger partial charge in [-0.25, -0.2) is 0 Å². The lowest BCUT2D eigenvalue weighted by Crippen LogP contribution is -1.98. The highest BCUT2D eigenvalue weighted by molar-refractivity contribution is 6.02. The van der Waals surface area contributed by atoms with Crippen LogP contribution in [0.15, 0.2) is 48.5 Å². The zero-order valence-electron chi connectivity index (χ0n) is 9.05. The first-order valence-electron chi connectivity index (χ1n) is 5.36. The van der Waals surface area contributed by atoms with Crippen molar-refractivity contribution in [2.45, 2.75) is 0 Å². The number of rotatable bonds is 2. The summed E-state index contributed by atoms with van der Waals surface area (Å²) < 4.78 is 10.9. The van der Waals surface area contributed by atoms with Gasteiger partial charge in [0.05, 0.1) is 5.56 Å². The van der Waals surface area contributed by atoms with Gasteiger partial charge in [-0.3, -0.25) is 4.79 Å². The van der Waals surface area contributed by atoms with Gasteiger partial charge in [0.15, 0.2) is 6.61 Å². The second kappa shape index (κ2) is 3.94. The number of Topliss-reactive ketones (excluding diaryl/α,β-unsaturated/α-hetero) is 1. The molecule has 0 unspecified atom stereocenters. The molecule has 3 nitrogen and oxygen atoms in total. The largest absolute Gasteiger partial charge is 0.485 e. The number of para-hydroxylation sites is 1. The monoisotopic (exact) mass is 226 g/mol. The first kappa shape index (κ1) is 9.90. The number of benzene rings is 2. The highest BCUT2D eigenvalue weighted by Gasteiger charge is 2.21. The van der Waals surface area contributed by atoms with Crippen LogP contribution in [0.1, 0.15) is 10.4 Å². The summed E-state index contributed by atoms with van der Waals surface area (Å²) >= 11 is 0. The molecule has 1 aliphatic heterocycles. The molecular weight excluding hydrogens is 216 g/mol. The second-order valence-electron chi connectivity index (χ2n) is 3.78. The van der Waals surface area contributed by atoms with Crippen molar-refractivity contribution in [3.8, 4) is 17.2 Å². The minimum absolute atomic E-state index is 0.0197. The Labute approximate surface area is 98.6 Å². The van der Waals surface area contributed by atoms with Crippen LogP contribution in [0.5, 0.6) is 17.2 Å². The second-order valence-corrected chi connectivity index (χ2v) is 3.78. The van der Waals surface area contributed by atoms with Crippen molar-refractivity contribution in [3.63, 3.8) is 0 Å². The average Bonchev–Trinajstić information content (AvgIpc) is 2.72. The zero-order valence-corrected chi connectivity index (χ0v) is 9.05. The lowest BCUT2D eigenvalue weighted by molar-refractivity contribution is 0.0961. The summed E-state index contributed by atoms with van der Waals surface area (Å²) in [5, 5.41) is 0. The van der Waals surface area contributed by atoms with Gasteiger partial charge in [0, 0.05) is 6.07 Å². The normalized spacial score (nSPS) is 13.1. The SMILES string of the molecule is O=C1COc2cc(Oc3ccccc3)ccc21. The first-order chi connectivity index (χ1) is 8.33. The molecule has 0 N–H and O–H groups in total. The number of hydrogen-bond acceptors (Lipinski definition) is 3. The Bertz CT molecular complexity index is 561. The fraction of sp³-hybridized carbons (Fsp3) is 0.0714. The third kappa shape index (κ3) is 1.87. The fourth-order valence-electron chi connectivity index (χ4n) is 1.76. The molecule has 1 aliphatic rings. The van der Waals surface area contributed by atoms with Crippen molar-refractivity contribution >= 4 is 5.78 Å². The zero-order chi connectivity index (χ0) is 11.7. The van der Waals surface area contributed by atoms with E-state index in [1.807, 2.05) is 30.3 Å². The van der Waals surface area contributed by atoms with E-state index in [2.05, 4.69) is 0 Å². The predicted molar refractivity (Wildman–Crippen MR) is 62.8 cm³/mol. The van der Waals surface area contributed by atoms with E-state index >= 15 is 0 Å². The van der Waals surface area contributed by atoms with Gasteiger partial charge in [-0.1, -0.05) is 18.2 Å². The number of carbonyl (C=O) groups is 1. The van der Waals surface area contributed by atoms with Crippen molar-refractivity contribution in [3.05, 3.63) is 54.1 Å². The van der Waals surface area contributed by atoms with E-state index < -0.39 is 0 Å². The average molecular weight is 226 g/mol. The van der Waals surface area contributed by atoms with E-state index in [9.17, 15) is 4.79 Å². The molecule has 0 atom stereocenters. The molecule has 17 heavy (non-hydrogen) atoms. The van der Waals surface area contributed by atoms with Crippen LogP contribution in [-0.4, -0.2) is 12.4 Å². The van der Waals surface area contributed by atoms with Crippen LogP contribution in [0.4, 0.5) is 0 Å². The van der Waals surface area contributed by atoms with Crippen LogP contribution in [0.3, 0.4) is 0 Å². The predicted octanol–water partition coefficient (Wildman–Crippen LogP) is 3.05. The molecule has 2 aromatic carbocycles. The maximum Gasteiger partial charge on any atom is 0.203 e. The molecule has 0 saturated carbocycles. The lowest BCUT2D eigenvalue weighted by Gasteiger charge is -2.06. The third-order valence-electron chi connectivity index (χ3n) is 2.59. The summed E-state index contributed by atoms with van der Waals surface area (Å²) in [6.07, 6.45) is 0. The Balaban J connectivity index is 1.88. The van der Waals surface area contributed by atoms with Gasteiger partial charge in [0.1, 0.15) is 17.2 Å². The summed E-state index contributed by atoms with van der Waals surface area (Å²) in [6, 6.07) is 14.7. The van der Waals surface area contributed by atoms with Crippen LogP contribution >= 0.6 is 0 Å². The van der Waals surface area contributed by atoms with Gasteiger partial charge in [-0.15, -0.1) is 0 Å². The van der Waals surface area contributed by atoms with Crippen molar-refractivity contribution in [2.75, 3.05) is 6.61 Å². The molecule has 0 aromatic heterocycles. The fourth-order valence-corrected chi connectivity index (χ4v) is 1.76. The number of ketones is 1. The number of carbonyl (C=O) groups excluding carboxylic acids is 1. The Kier molecular flexibility index (Phi) is 2.29. The quantitative estimate of drug-likeness (QED) is 0.789. The molecule has 0 saturated heterocycles. The van der Waals surface area contributed by atoms with Gasteiger partial charge in [0.25, 0.3) is 0 Å². The molecular formula is C14H10O3. The molecule has 0 fully saturated rings. The van der Waals surface area contributed by atoms with Crippen LogP contribution in [0.2, 0.25) is 0 Å². The minimum atomic E-state index is 0.0197. The van der Waals surface area contributed by atoms with Crippen LogP contribution in [0.25, 0.3) is 0 Å². The molecule has 0 spiro atoms. The maximum absolute atomic E-state index is 11.4. The minimum Gasteiger partial charge on any atom is -0.485 e. The van der Waals surface area contributed by atoms with Crippen molar-refractivity contribution in [1.29, 1.82) is 0 Å². The van der Waals surface area contributed by atoms with Gasteiger partial charge in [0.2, 0.25) is 5.78 Å². The molecule has 0 bridgehead atoms. The summed E-state index contributed by atoms with van der Waals surface area (Å²) in [7, 11) is 0. The first-order valence-corrected chi connectivity index (χ1v) is 5.36. The van der Waals surface area contributed by atoms with E-state index in [1.54, 1.807) is 18.2 Å². The maximum atomic E-state index is 11.4. The highest BCUT2D eigenvalue weighted by atomic mass is 16.5. The van der Waals surface area contributed by atoms with Crippen molar-refractivity contribution in [1.82, 2.24) is 0 Å². The van der Waals surface area contributed by atoms with E-state index in [1.165, 1.54) is 0 Å². The summed E-state index contributed by atoms with van der Waals surface area (Å²) in [4.78, 5) is 11.4. The number of ether oxygens (including phenoxy) is 2. The number of fused-ring (bicyclic) bond motifs is 1. The van der Waals surface area contributed by atoms with Gasteiger partial charge in [-0.05, 0) is 24.3 Å².